The van der Waals surface area contributed by atoms with Crippen molar-refractivity contribution < 1.29 is 17.6 Å². The zero-order chi connectivity index (χ0) is 19.4. The van der Waals surface area contributed by atoms with Crippen LogP contribution in [0.5, 0.6) is 0 Å². The van der Waals surface area contributed by atoms with Gasteiger partial charge in [0.15, 0.2) is 0 Å². The van der Waals surface area contributed by atoms with Crippen LogP contribution in [0.25, 0.3) is 0 Å². The van der Waals surface area contributed by atoms with Crippen molar-refractivity contribution in [3.63, 3.8) is 0 Å². The van der Waals surface area contributed by atoms with Crippen LogP contribution in [0.1, 0.15) is 28.9 Å². The van der Waals surface area contributed by atoms with Crippen molar-refractivity contribution in [3.8, 4) is 0 Å². The molecule has 1 unspecified atom stereocenters. The Morgan fingerprint density at radius 3 is 2.61 bits per heavy atom. The molecule has 1 atom stereocenters. The van der Waals surface area contributed by atoms with E-state index in [9.17, 15) is 17.6 Å². The van der Waals surface area contributed by atoms with Gasteiger partial charge in [0.25, 0.3) is 5.91 Å². The summed E-state index contributed by atoms with van der Waals surface area (Å²) in [5.41, 5.74) is 1.12. The fraction of sp³-hybridized carbons (Fsp3) is 0.316. The summed E-state index contributed by atoms with van der Waals surface area (Å²) >= 11 is 0. The van der Waals surface area contributed by atoms with Crippen molar-refractivity contribution in [3.05, 3.63) is 65.5 Å². The third-order valence-electron chi connectivity index (χ3n) is 4.48. The number of carbonyl (C=O) groups is 1. The number of hydrogen-bond donors (Lipinski definition) is 2. The highest BCUT2D eigenvalue weighted by Gasteiger charge is 2.29. The lowest BCUT2D eigenvalue weighted by Crippen LogP contribution is -2.48. The first-order chi connectivity index (χ1) is 12.9. The number of sulfonamides is 1. The summed E-state index contributed by atoms with van der Waals surface area (Å²) in [4.78, 5) is 14.8. The fourth-order valence-electron chi connectivity index (χ4n) is 3.17. The van der Waals surface area contributed by atoms with Crippen LogP contribution in [0, 0.1) is 5.82 Å². The van der Waals surface area contributed by atoms with Crippen LogP contribution in [0.3, 0.4) is 0 Å². The number of hydrogen-bond acceptors (Lipinski definition) is 4. The molecule has 152 valence electrons. The van der Waals surface area contributed by atoms with E-state index in [2.05, 4.69) is 10.0 Å². The lowest BCUT2D eigenvalue weighted by molar-refractivity contribution is 0.0634. The number of rotatable bonds is 5. The van der Waals surface area contributed by atoms with Crippen molar-refractivity contribution in [2.75, 3.05) is 26.2 Å². The predicted molar refractivity (Wildman–Crippen MR) is 108 cm³/mol. The normalized spacial score (nSPS) is 17.1. The average molecular weight is 428 g/mol. The van der Waals surface area contributed by atoms with Gasteiger partial charge in [-0.2, -0.15) is 0 Å². The van der Waals surface area contributed by atoms with Crippen molar-refractivity contribution in [1.29, 1.82) is 0 Å². The van der Waals surface area contributed by atoms with E-state index in [0.29, 0.717) is 31.7 Å². The van der Waals surface area contributed by atoms with E-state index >= 15 is 0 Å². The Morgan fingerprint density at radius 2 is 1.96 bits per heavy atom. The molecule has 1 amide bonds. The zero-order valence-electron chi connectivity index (χ0n) is 15.4. The molecule has 0 bridgehead atoms. The van der Waals surface area contributed by atoms with Crippen LogP contribution in [-0.2, 0) is 10.0 Å². The third kappa shape index (κ3) is 4.88. The first kappa shape index (κ1) is 22.3. The largest absolute Gasteiger partial charge is 0.329 e. The monoisotopic (exact) mass is 427 g/mol. The van der Waals surface area contributed by atoms with E-state index in [0.717, 1.165) is 5.56 Å². The second-order valence-electron chi connectivity index (χ2n) is 6.30. The summed E-state index contributed by atoms with van der Waals surface area (Å²) in [6.07, 6.45) is 0. The van der Waals surface area contributed by atoms with Gasteiger partial charge in [0.05, 0.1) is 10.9 Å². The molecule has 0 spiro atoms. The van der Waals surface area contributed by atoms with Crippen LogP contribution in [-0.4, -0.2) is 45.4 Å². The van der Waals surface area contributed by atoms with E-state index in [1.165, 1.54) is 36.4 Å². The van der Waals surface area contributed by atoms with Gasteiger partial charge >= 0.3 is 0 Å². The van der Waals surface area contributed by atoms with Gasteiger partial charge in [-0.15, -0.1) is 12.4 Å². The minimum absolute atomic E-state index is 0. The Labute approximate surface area is 170 Å². The summed E-state index contributed by atoms with van der Waals surface area (Å²) in [7, 11) is -3.56. The number of nitrogens with zero attached hydrogens (tertiary/aromatic N) is 1. The molecular formula is C19H23ClFN3O3S. The summed E-state index contributed by atoms with van der Waals surface area (Å²) in [6.45, 7) is 3.65. The first-order valence-corrected chi connectivity index (χ1v) is 10.3. The van der Waals surface area contributed by atoms with Gasteiger partial charge in [0, 0.05) is 31.7 Å². The molecule has 1 saturated heterocycles. The first-order valence-electron chi connectivity index (χ1n) is 8.79. The molecule has 0 saturated carbocycles. The molecule has 0 radical (unpaired) electrons. The van der Waals surface area contributed by atoms with Crippen molar-refractivity contribution in [2.45, 2.75) is 17.9 Å². The van der Waals surface area contributed by atoms with Crippen LogP contribution in [0.15, 0.2) is 53.4 Å². The van der Waals surface area contributed by atoms with Crippen LogP contribution >= 0.6 is 12.4 Å². The third-order valence-corrected chi connectivity index (χ3v) is 6.05. The van der Waals surface area contributed by atoms with E-state index in [-0.39, 0.29) is 35.1 Å². The van der Waals surface area contributed by atoms with Crippen LogP contribution < -0.4 is 10.0 Å². The molecule has 0 aliphatic carbocycles. The molecule has 2 aromatic carbocycles. The van der Waals surface area contributed by atoms with Crippen LogP contribution in [0.2, 0.25) is 0 Å². The molecule has 6 nitrogen and oxygen atoms in total. The van der Waals surface area contributed by atoms with E-state index in [1.807, 2.05) is 0 Å². The second-order valence-corrected chi connectivity index (χ2v) is 8.07. The standard InChI is InChI=1S/C19H22FN3O3S.ClH/c1-2-22-27(25,26)17-8-6-14(7-9-17)19(24)23-11-10-21-13-18(23)15-4-3-5-16(20)12-15;/h3-9,12,18,21-22H,2,10-11,13H2,1H3;1H. The number of nitrogens with one attached hydrogen (secondary N) is 2. The summed E-state index contributed by atoms with van der Waals surface area (Å²) in [5.74, 6) is -0.554. The van der Waals surface area contributed by atoms with Gasteiger partial charge in [-0.05, 0) is 42.0 Å². The number of halogens is 2. The molecule has 2 N–H and O–H groups in total. The van der Waals surface area contributed by atoms with Gasteiger partial charge in [-0.25, -0.2) is 17.5 Å². The minimum Gasteiger partial charge on any atom is -0.329 e. The maximum atomic E-state index is 13.6. The van der Waals surface area contributed by atoms with Gasteiger partial charge in [0.2, 0.25) is 10.0 Å². The van der Waals surface area contributed by atoms with Gasteiger partial charge in [-0.3, -0.25) is 4.79 Å². The van der Waals surface area contributed by atoms with Gasteiger partial charge in [-0.1, -0.05) is 19.1 Å². The van der Waals surface area contributed by atoms with Gasteiger partial charge < -0.3 is 10.2 Å². The number of amides is 1. The Kier molecular flexibility index (Phi) is 7.54. The fourth-order valence-corrected chi connectivity index (χ4v) is 4.22. The van der Waals surface area contributed by atoms with Crippen LogP contribution in [0.4, 0.5) is 4.39 Å². The number of benzene rings is 2. The molecule has 9 heteroatoms. The number of piperazine rings is 1. The molecule has 1 aliphatic rings. The maximum absolute atomic E-state index is 13.6. The minimum atomic E-state index is -3.56. The summed E-state index contributed by atoms with van der Waals surface area (Å²) in [5, 5.41) is 3.23. The Balaban J connectivity index is 0.00000280. The maximum Gasteiger partial charge on any atom is 0.254 e. The lowest BCUT2D eigenvalue weighted by atomic mass is 10.0. The molecule has 1 heterocycles. The highest BCUT2D eigenvalue weighted by molar-refractivity contribution is 7.89. The summed E-state index contributed by atoms with van der Waals surface area (Å²) < 4.78 is 40.1. The molecule has 0 aromatic heterocycles. The molecule has 1 fully saturated rings. The second kappa shape index (κ2) is 9.47. The van der Waals surface area contributed by atoms with E-state index in [1.54, 1.807) is 24.0 Å². The molecule has 1 aliphatic heterocycles. The Bertz CT molecular complexity index is 922. The molecule has 2 aromatic rings. The SMILES string of the molecule is CCNS(=O)(=O)c1ccc(C(=O)N2CCNCC2c2cccc(F)c2)cc1.Cl. The molecular weight excluding hydrogens is 405 g/mol. The van der Waals surface area contributed by atoms with Crippen molar-refractivity contribution >= 4 is 28.3 Å². The zero-order valence-corrected chi connectivity index (χ0v) is 17.0. The highest BCUT2D eigenvalue weighted by Crippen LogP contribution is 2.25. The van der Waals surface area contributed by atoms with E-state index in [4.69, 9.17) is 0 Å². The Hall–Kier alpha value is -2.00. The predicted octanol–water partition coefficient (Wildman–Crippen LogP) is 2.33. The smallest absolute Gasteiger partial charge is 0.254 e. The average Bonchev–Trinajstić information content (AvgIpc) is 2.67. The van der Waals surface area contributed by atoms with E-state index < -0.39 is 10.0 Å². The Morgan fingerprint density at radius 1 is 1.25 bits per heavy atom. The quantitative estimate of drug-likeness (QED) is 0.767. The number of carbonyl (C=O) groups excluding carboxylic acids is 1. The van der Waals surface area contributed by atoms with Crippen molar-refractivity contribution in [2.24, 2.45) is 0 Å². The lowest BCUT2D eigenvalue weighted by Gasteiger charge is -2.36. The molecule has 28 heavy (non-hydrogen) atoms. The van der Waals surface area contributed by atoms with Gasteiger partial charge in [0.1, 0.15) is 5.82 Å². The molecule has 3 rings (SSSR count). The topological polar surface area (TPSA) is 78.5 Å². The highest BCUT2D eigenvalue weighted by atomic mass is 35.5. The van der Waals surface area contributed by atoms with Crippen molar-refractivity contribution in [1.82, 2.24) is 14.9 Å². The summed E-state index contributed by atoms with van der Waals surface area (Å²) in [6, 6.07) is 11.8.